The Morgan fingerprint density at radius 1 is 0.738 bits per heavy atom. The van der Waals surface area contributed by atoms with Gasteiger partial charge >= 0.3 is 5.97 Å². The summed E-state index contributed by atoms with van der Waals surface area (Å²) in [5, 5.41) is 128. The predicted octanol–water partition coefficient (Wildman–Crippen LogP) is -2.07. The molecule has 0 aromatic heterocycles. The second-order valence-electron chi connectivity index (χ2n) is 21.0. The maximum Gasteiger partial charge on any atom is 0.306 e. The molecule has 3 saturated heterocycles. The molecule has 0 unspecified atom stereocenters. The largest absolute Gasteiger partial charge is 0.462 e. The van der Waals surface area contributed by atoms with Gasteiger partial charge in [0.1, 0.15) is 73.2 Å². The van der Waals surface area contributed by atoms with Gasteiger partial charge in [-0.2, -0.15) is 0 Å². The molecule has 4 aliphatic carbocycles. The number of fused-ring (bicyclic) bond motifs is 5. The molecule has 0 amide bonds. The van der Waals surface area contributed by atoms with Crippen LogP contribution in [-0.2, 0) is 38.0 Å². The van der Waals surface area contributed by atoms with Gasteiger partial charge in [0.05, 0.1) is 43.7 Å². The van der Waals surface area contributed by atoms with Crippen molar-refractivity contribution >= 4 is 5.97 Å². The maximum absolute atomic E-state index is 13.4. The third-order valence-corrected chi connectivity index (χ3v) is 17.2. The number of aliphatic hydroxyl groups excluding tert-OH is 11. The average molecular weight is 937 g/mol. The van der Waals surface area contributed by atoms with Crippen molar-refractivity contribution in [1.29, 1.82) is 0 Å². The van der Waals surface area contributed by atoms with Gasteiger partial charge < -0.3 is 94.4 Å². The molecule has 0 aromatic carbocycles. The van der Waals surface area contributed by atoms with E-state index in [4.69, 9.17) is 33.2 Å². The lowest BCUT2D eigenvalue weighted by Gasteiger charge is -2.65. The summed E-state index contributed by atoms with van der Waals surface area (Å²) in [4.78, 5) is 13.4. The zero-order chi connectivity index (χ0) is 47.5. The molecule has 0 bridgehead atoms. The van der Waals surface area contributed by atoms with E-state index in [2.05, 4.69) is 13.8 Å². The van der Waals surface area contributed by atoms with E-state index in [0.29, 0.717) is 32.1 Å². The first kappa shape index (κ1) is 51.6. The fraction of sp³-hybridized carbons (Fsp3) is 0.978. The number of carbonyl (C=O) groups excluding carboxylic acids is 1. The van der Waals surface area contributed by atoms with Crippen molar-refractivity contribution in [2.45, 2.75) is 215 Å². The van der Waals surface area contributed by atoms with Crippen LogP contribution < -0.4 is 0 Å². The van der Waals surface area contributed by atoms with Crippen molar-refractivity contribution < 1.29 is 99.2 Å². The highest BCUT2D eigenvalue weighted by molar-refractivity contribution is 5.69. The zero-order valence-electron chi connectivity index (χ0n) is 38.1. The Morgan fingerprint density at radius 3 is 2.05 bits per heavy atom. The average Bonchev–Trinajstić information content (AvgIpc) is 3.56. The fourth-order valence-corrected chi connectivity index (χ4v) is 13.3. The molecule has 65 heavy (non-hydrogen) atoms. The summed E-state index contributed by atoms with van der Waals surface area (Å²) in [6.07, 6.45) is -18.9. The van der Waals surface area contributed by atoms with Crippen LogP contribution in [0.25, 0.3) is 0 Å². The molecule has 0 aromatic rings. The molecule has 3 aliphatic heterocycles. The molecule has 376 valence electrons. The smallest absolute Gasteiger partial charge is 0.306 e. The summed E-state index contributed by atoms with van der Waals surface area (Å²) in [5.74, 6) is -0.195. The summed E-state index contributed by atoms with van der Waals surface area (Å²) in [6.45, 7) is 8.58. The summed E-state index contributed by atoms with van der Waals surface area (Å²) >= 11 is 0. The predicted molar refractivity (Wildman–Crippen MR) is 222 cm³/mol. The minimum absolute atomic E-state index is 0.0201. The molecular formula is C45H76O20. The molecular weight excluding hydrogens is 860 g/mol. The third-order valence-electron chi connectivity index (χ3n) is 17.2. The number of rotatable bonds is 14. The van der Waals surface area contributed by atoms with Gasteiger partial charge in [0.2, 0.25) is 0 Å². The van der Waals surface area contributed by atoms with E-state index in [1.807, 2.05) is 13.8 Å². The molecule has 3 heterocycles. The first-order valence-corrected chi connectivity index (χ1v) is 23.8. The van der Waals surface area contributed by atoms with E-state index >= 15 is 0 Å². The van der Waals surface area contributed by atoms with Gasteiger partial charge in [0, 0.05) is 24.2 Å². The lowest BCUT2D eigenvalue weighted by atomic mass is 9.42. The first-order valence-electron chi connectivity index (χ1n) is 23.8. The van der Waals surface area contributed by atoms with Crippen molar-refractivity contribution in [2.75, 3.05) is 19.8 Å². The first-order chi connectivity index (χ1) is 30.6. The summed E-state index contributed by atoms with van der Waals surface area (Å²) in [7, 11) is 0. The number of esters is 1. The highest BCUT2D eigenvalue weighted by atomic mass is 16.7. The van der Waals surface area contributed by atoms with Crippen LogP contribution in [0.4, 0.5) is 0 Å². The topological polar surface area (TPSA) is 324 Å². The van der Waals surface area contributed by atoms with Gasteiger partial charge in [0.15, 0.2) is 18.9 Å². The maximum atomic E-state index is 13.4. The fourth-order valence-electron chi connectivity index (χ4n) is 13.3. The number of hydrogen-bond donors (Lipinski definition) is 12. The SMILES string of the molecule is CC[C@H]1[C@@H](OC(=O)CC[C@H](C)CO[C@@H]2O[C@H](CO)[C@@H](O)[C@H](O)[C@H]2O)C[C@H]2[C@@H]3C[C@H](O)[C@]4(O)C[C@@H](O[C@@H]5O[C@H](CO)[C@@H](O[C@H]6O[C@@H](C)[C@H](O)[C@@H](O)[C@H]6O)[C@H](O)[C@H]5O)CC[C@]4(C)[C@H]3CC[C@@]21C. The lowest BCUT2D eigenvalue weighted by Crippen LogP contribution is -2.69. The normalized spacial score (nSPS) is 52.8. The number of carbonyl (C=O) groups is 1. The van der Waals surface area contributed by atoms with Crippen LogP contribution in [0.1, 0.15) is 98.8 Å². The van der Waals surface area contributed by atoms with Crippen molar-refractivity contribution in [3.8, 4) is 0 Å². The second kappa shape index (κ2) is 20.2. The zero-order valence-corrected chi connectivity index (χ0v) is 38.1. The molecule has 26 atom stereocenters. The Labute approximate surface area is 379 Å². The highest BCUT2D eigenvalue weighted by Gasteiger charge is 2.69. The lowest BCUT2D eigenvalue weighted by molar-refractivity contribution is -0.364. The van der Waals surface area contributed by atoms with Crippen molar-refractivity contribution in [1.82, 2.24) is 0 Å². The minimum Gasteiger partial charge on any atom is -0.462 e. The van der Waals surface area contributed by atoms with E-state index in [-0.39, 0.29) is 66.5 Å². The van der Waals surface area contributed by atoms with Crippen LogP contribution in [-0.4, -0.2) is 203 Å². The summed E-state index contributed by atoms with van der Waals surface area (Å²) in [5.41, 5.74) is -2.45. The molecule has 0 spiro atoms. The van der Waals surface area contributed by atoms with Crippen LogP contribution in [0, 0.1) is 40.4 Å². The number of aliphatic hydroxyl groups is 12. The Kier molecular flexibility index (Phi) is 16.1. The van der Waals surface area contributed by atoms with Crippen molar-refractivity contribution in [2.24, 2.45) is 40.4 Å². The van der Waals surface area contributed by atoms with E-state index in [9.17, 15) is 66.1 Å². The third kappa shape index (κ3) is 9.43. The molecule has 7 aliphatic rings. The van der Waals surface area contributed by atoms with Crippen LogP contribution in [0.2, 0.25) is 0 Å². The molecule has 7 fully saturated rings. The second-order valence-corrected chi connectivity index (χ2v) is 21.0. The molecule has 7 rings (SSSR count). The van der Waals surface area contributed by atoms with Crippen molar-refractivity contribution in [3.63, 3.8) is 0 Å². The molecule has 4 saturated carbocycles. The summed E-state index contributed by atoms with van der Waals surface area (Å²) in [6, 6.07) is 0. The van der Waals surface area contributed by atoms with Crippen LogP contribution >= 0.6 is 0 Å². The highest BCUT2D eigenvalue weighted by Crippen LogP contribution is 2.69. The van der Waals surface area contributed by atoms with Crippen LogP contribution in [0.15, 0.2) is 0 Å². The van der Waals surface area contributed by atoms with Gasteiger partial charge in [0.25, 0.3) is 0 Å². The van der Waals surface area contributed by atoms with Gasteiger partial charge in [-0.15, -0.1) is 0 Å². The van der Waals surface area contributed by atoms with E-state index in [1.165, 1.54) is 6.92 Å². The van der Waals surface area contributed by atoms with E-state index in [0.717, 1.165) is 19.3 Å². The molecule has 20 nitrogen and oxygen atoms in total. The molecule has 12 N–H and O–H groups in total. The number of hydrogen-bond acceptors (Lipinski definition) is 20. The summed E-state index contributed by atoms with van der Waals surface area (Å²) < 4.78 is 40.7. The van der Waals surface area contributed by atoms with Gasteiger partial charge in [-0.1, -0.05) is 27.7 Å². The monoisotopic (exact) mass is 936 g/mol. The Morgan fingerprint density at radius 2 is 1.37 bits per heavy atom. The molecule has 20 heteroatoms. The van der Waals surface area contributed by atoms with Crippen LogP contribution in [0.5, 0.6) is 0 Å². The Hall–Kier alpha value is -1.25. The van der Waals surface area contributed by atoms with Gasteiger partial charge in [-0.05, 0) is 87.4 Å². The standard InChI is InChI=1S/C45H76O20/c1-6-23-26(62-30(49)8-7-19(2)18-59-40-36(55)34(53)32(51)27(16-46)63-40)14-25-22-13-29(48)45(58)15-21(9-12-44(45,5)24(22)10-11-43(23,25)4)61-42-38(57)35(54)39(28(17-47)64-42)65-41-37(56)33(52)31(50)20(3)60-41/h19-29,31-42,46-48,50-58H,6-18H2,1-5H3/t19-,20-,21-,22+,23-,24-,25-,26-,27+,28+,29-,31-,32+,33+,34-,35+,36+,37+,38+,39+,40+,41+,42+,43+,44+,45+/m0/s1. The number of ether oxygens (including phenoxy) is 7. The Bertz CT molecular complexity index is 1590. The van der Waals surface area contributed by atoms with Crippen molar-refractivity contribution in [3.05, 3.63) is 0 Å². The Balaban J connectivity index is 0.942. The van der Waals surface area contributed by atoms with Gasteiger partial charge in [-0.3, -0.25) is 4.79 Å². The van der Waals surface area contributed by atoms with Crippen LogP contribution in [0.3, 0.4) is 0 Å². The quantitative estimate of drug-likeness (QED) is 0.0658. The van der Waals surface area contributed by atoms with Gasteiger partial charge in [-0.25, -0.2) is 0 Å². The molecule has 0 radical (unpaired) electrons. The van der Waals surface area contributed by atoms with E-state index < -0.39 is 129 Å². The minimum atomic E-state index is -1.70. The van der Waals surface area contributed by atoms with E-state index in [1.54, 1.807) is 0 Å².